The Morgan fingerprint density at radius 1 is 1.03 bits per heavy atom. The SMILES string of the molecule is Cc1c(B2OC(C)(C)C(C)(C)O2)c(C(=O)N(C)CC(C)(C)C)n(Cc2ccccc2)c1C(F)(F)F. The van der Waals surface area contributed by atoms with Crippen LogP contribution in [0.4, 0.5) is 13.2 Å². The quantitative estimate of drug-likeness (QED) is 0.534. The van der Waals surface area contributed by atoms with Gasteiger partial charge in [-0.3, -0.25) is 4.79 Å². The monoisotopic (exact) mass is 492 g/mol. The summed E-state index contributed by atoms with van der Waals surface area (Å²) in [6, 6.07) is 8.82. The Labute approximate surface area is 206 Å². The number of aromatic nitrogens is 1. The molecule has 1 amide bonds. The van der Waals surface area contributed by atoms with Crippen molar-refractivity contribution in [2.75, 3.05) is 13.6 Å². The number of amides is 1. The van der Waals surface area contributed by atoms with Crippen molar-refractivity contribution in [3.8, 4) is 0 Å². The molecule has 0 radical (unpaired) electrons. The molecule has 1 aromatic carbocycles. The molecule has 5 nitrogen and oxygen atoms in total. The first-order valence-corrected chi connectivity index (χ1v) is 11.8. The van der Waals surface area contributed by atoms with Crippen LogP contribution < -0.4 is 5.46 Å². The molecule has 1 aliphatic heterocycles. The Morgan fingerprint density at radius 2 is 1.54 bits per heavy atom. The van der Waals surface area contributed by atoms with Crippen LogP contribution in [0, 0.1) is 12.3 Å². The highest BCUT2D eigenvalue weighted by atomic mass is 19.4. The summed E-state index contributed by atoms with van der Waals surface area (Å²) in [5.41, 5.74) is -1.97. The van der Waals surface area contributed by atoms with Crippen LogP contribution in [0.3, 0.4) is 0 Å². The molecule has 0 unspecified atom stereocenters. The van der Waals surface area contributed by atoms with Gasteiger partial charge in [0.15, 0.2) is 0 Å². The number of benzene rings is 1. The summed E-state index contributed by atoms with van der Waals surface area (Å²) < 4.78 is 56.9. The van der Waals surface area contributed by atoms with E-state index in [0.29, 0.717) is 12.1 Å². The molecule has 9 heteroatoms. The molecule has 35 heavy (non-hydrogen) atoms. The van der Waals surface area contributed by atoms with Gasteiger partial charge >= 0.3 is 13.3 Å². The van der Waals surface area contributed by atoms with E-state index in [1.165, 1.54) is 11.8 Å². The van der Waals surface area contributed by atoms with Gasteiger partial charge in [-0.1, -0.05) is 51.1 Å². The van der Waals surface area contributed by atoms with Crippen molar-refractivity contribution < 1.29 is 27.3 Å². The highest BCUT2D eigenvalue weighted by Gasteiger charge is 2.55. The minimum absolute atomic E-state index is 0.0519. The number of carbonyl (C=O) groups excluding carboxylic acids is 1. The normalized spacial score (nSPS) is 17.7. The molecule has 0 N–H and O–H groups in total. The highest BCUT2D eigenvalue weighted by molar-refractivity contribution is 6.64. The Kier molecular flexibility index (Phi) is 7.03. The van der Waals surface area contributed by atoms with Gasteiger partial charge in [-0.15, -0.1) is 0 Å². The Hall–Kier alpha value is -2.26. The first kappa shape index (κ1) is 27.3. The van der Waals surface area contributed by atoms with Crippen molar-refractivity contribution in [3.63, 3.8) is 0 Å². The van der Waals surface area contributed by atoms with Crippen molar-refractivity contribution in [1.29, 1.82) is 0 Å². The van der Waals surface area contributed by atoms with Crippen LogP contribution in [0.1, 0.15) is 75.8 Å². The van der Waals surface area contributed by atoms with Gasteiger partial charge in [0.1, 0.15) is 11.4 Å². The molecule has 0 aliphatic carbocycles. The lowest BCUT2D eigenvalue weighted by molar-refractivity contribution is -0.143. The molecule has 1 saturated heterocycles. The van der Waals surface area contributed by atoms with E-state index in [1.54, 1.807) is 37.4 Å². The van der Waals surface area contributed by atoms with Gasteiger partial charge in [-0.05, 0) is 51.2 Å². The van der Waals surface area contributed by atoms with Gasteiger partial charge in [0, 0.05) is 25.6 Å². The summed E-state index contributed by atoms with van der Waals surface area (Å²) in [5.74, 6) is -0.501. The lowest BCUT2D eigenvalue weighted by Crippen LogP contribution is -2.43. The summed E-state index contributed by atoms with van der Waals surface area (Å²) >= 11 is 0. The fourth-order valence-corrected chi connectivity index (χ4v) is 4.50. The van der Waals surface area contributed by atoms with Crippen molar-refractivity contribution >= 4 is 18.5 Å². The summed E-state index contributed by atoms with van der Waals surface area (Å²) in [6.45, 7) is 14.9. The van der Waals surface area contributed by atoms with E-state index < -0.39 is 36.1 Å². The number of alkyl halides is 3. The fraction of sp³-hybridized carbons (Fsp3) is 0.577. The predicted molar refractivity (Wildman–Crippen MR) is 132 cm³/mol. The van der Waals surface area contributed by atoms with Crippen molar-refractivity contribution in [2.24, 2.45) is 5.41 Å². The molecule has 3 rings (SSSR count). The van der Waals surface area contributed by atoms with E-state index in [0.717, 1.165) is 4.57 Å². The van der Waals surface area contributed by atoms with E-state index >= 15 is 0 Å². The zero-order valence-electron chi connectivity index (χ0n) is 22.1. The van der Waals surface area contributed by atoms with Crippen molar-refractivity contribution in [2.45, 2.75) is 79.3 Å². The Bertz CT molecular complexity index is 1070. The van der Waals surface area contributed by atoms with Crippen LogP contribution >= 0.6 is 0 Å². The smallest absolute Gasteiger partial charge is 0.399 e. The third kappa shape index (κ3) is 5.46. The van der Waals surface area contributed by atoms with E-state index in [9.17, 15) is 18.0 Å². The minimum atomic E-state index is -4.68. The molecule has 0 saturated carbocycles. The average Bonchev–Trinajstić information content (AvgIpc) is 3.08. The lowest BCUT2D eigenvalue weighted by Gasteiger charge is -2.32. The zero-order valence-corrected chi connectivity index (χ0v) is 22.1. The van der Waals surface area contributed by atoms with Gasteiger partial charge in [0.25, 0.3) is 5.91 Å². The maximum Gasteiger partial charge on any atom is 0.497 e. The van der Waals surface area contributed by atoms with Crippen LogP contribution in [0.5, 0.6) is 0 Å². The molecule has 192 valence electrons. The first-order chi connectivity index (χ1) is 15.9. The topological polar surface area (TPSA) is 43.7 Å². The van der Waals surface area contributed by atoms with Crippen LogP contribution in [-0.4, -0.2) is 47.3 Å². The number of hydrogen-bond acceptors (Lipinski definition) is 3. The lowest BCUT2D eigenvalue weighted by atomic mass is 9.75. The molecule has 1 aliphatic rings. The van der Waals surface area contributed by atoms with E-state index in [2.05, 4.69) is 0 Å². The molecule has 1 fully saturated rings. The van der Waals surface area contributed by atoms with Crippen molar-refractivity contribution in [1.82, 2.24) is 9.47 Å². The molecule has 1 aromatic heterocycles. The number of carbonyl (C=O) groups is 1. The Balaban J connectivity index is 2.28. The second-order valence-electron chi connectivity index (χ2n) is 11.6. The summed E-state index contributed by atoms with van der Waals surface area (Å²) in [6.07, 6.45) is -4.68. The van der Waals surface area contributed by atoms with Crippen LogP contribution in [-0.2, 0) is 22.0 Å². The second-order valence-corrected chi connectivity index (χ2v) is 11.6. The van der Waals surface area contributed by atoms with Crippen LogP contribution in [0.15, 0.2) is 30.3 Å². The fourth-order valence-electron chi connectivity index (χ4n) is 4.50. The minimum Gasteiger partial charge on any atom is -0.399 e. The summed E-state index contributed by atoms with van der Waals surface area (Å²) in [7, 11) is 0.504. The van der Waals surface area contributed by atoms with E-state index in [1.807, 2.05) is 48.5 Å². The molecule has 2 heterocycles. The van der Waals surface area contributed by atoms with Gasteiger partial charge in [0.05, 0.1) is 11.2 Å². The second kappa shape index (κ2) is 9.00. The largest absolute Gasteiger partial charge is 0.497 e. The zero-order chi connectivity index (χ0) is 26.6. The molecule has 0 bridgehead atoms. The molecule has 0 atom stereocenters. The third-order valence-corrected chi connectivity index (χ3v) is 6.76. The molecular weight excluding hydrogens is 456 g/mol. The van der Waals surface area contributed by atoms with Crippen molar-refractivity contribution in [3.05, 3.63) is 52.8 Å². The molecule has 0 spiro atoms. The van der Waals surface area contributed by atoms with Crippen LogP contribution in [0.25, 0.3) is 0 Å². The molecular formula is C26H36BF3N2O3. The average molecular weight is 492 g/mol. The maximum absolute atomic E-state index is 14.5. The number of nitrogens with zero attached hydrogens (tertiary/aromatic N) is 2. The molecule has 2 aromatic rings. The highest BCUT2D eigenvalue weighted by Crippen LogP contribution is 2.40. The van der Waals surface area contributed by atoms with Gasteiger partial charge in [0.2, 0.25) is 0 Å². The van der Waals surface area contributed by atoms with E-state index in [4.69, 9.17) is 9.31 Å². The van der Waals surface area contributed by atoms with Crippen LogP contribution in [0.2, 0.25) is 0 Å². The van der Waals surface area contributed by atoms with E-state index in [-0.39, 0.29) is 28.7 Å². The first-order valence-electron chi connectivity index (χ1n) is 11.8. The number of halogens is 3. The standard InChI is InChI=1S/C26H36BF3N2O3/c1-17-19(27-34-24(5,6)25(7,8)35-27)20(22(33)31(9)16-23(2,3)4)32(21(17)26(28,29)30)15-18-13-11-10-12-14-18/h10-14H,15-16H2,1-9H3. The maximum atomic E-state index is 14.5. The summed E-state index contributed by atoms with van der Waals surface area (Å²) in [4.78, 5) is 15.3. The predicted octanol–water partition coefficient (Wildman–Crippen LogP) is 5.28. The van der Waals surface area contributed by atoms with Gasteiger partial charge in [-0.25, -0.2) is 0 Å². The Morgan fingerprint density at radius 3 is 2.00 bits per heavy atom. The number of rotatable bonds is 5. The number of hydrogen-bond donors (Lipinski definition) is 0. The van der Waals surface area contributed by atoms with Gasteiger partial charge < -0.3 is 18.8 Å². The third-order valence-electron chi connectivity index (χ3n) is 6.76. The summed E-state index contributed by atoms with van der Waals surface area (Å²) in [5, 5.41) is 0. The van der Waals surface area contributed by atoms with Gasteiger partial charge in [-0.2, -0.15) is 13.2 Å².